The van der Waals surface area contributed by atoms with Crippen molar-refractivity contribution in [2.24, 2.45) is 0 Å². The van der Waals surface area contributed by atoms with Gasteiger partial charge < -0.3 is 4.90 Å². The minimum atomic E-state index is -0.114. The lowest BCUT2D eigenvalue weighted by Crippen LogP contribution is -2.19. The van der Waals surface area contributed by atoms with Crippen molar-refractivity contribution in [3.8, 4) is 33.4 Å². The molecule has 8 rings (SSSR count). The Hall–Kier alpha value is -5.44. The highest BCUT2D eigenvalue weighted by Gasteiger charge is 2.25. The van der Waals surface area contributed by atoms with Crippen molar-refractivity contribution in [1.82, 2.24) is 0 Å². The fraction of sp³-hybridized carbons (Fsp3) is 0.0870. The molecule has 0 spiro atoms. The van der Waals surface area contributed by atoms with Crippen molar-refractivity contribution < 1.29 is 0 Å². The van der Waals surface area contributed by atoms with Crippen LogP contribution in [0.15, 0.2) is 170 Å². The number of fused-ring (bicyclic) bond motifs is 3. The van der Waals surface area contributed by atoms with Crippen LogP contribution in [0.3, 0.4) is 0 Å². The van der Waals surface area contributed by atoms with Gasteiger partial charge >= 0.3 is 0 Å². The highest BCUT2D eigenvalue weighted by molar-refractivity contribution is 7.25. The standard InChI is InChI=1S/C46H37NS/c1-46(2,3)42-30-35(39-19-11-10-18-38(39)34-16-8-5-9-17-34)24-29-43(42)47(36-25-22-33(23-26-36)32-14-6-4-7-15-32)37-27-28-41-40-20-12-13-21-44(40)48-45(41)31-37/h4-31H,1-3H3. The molecular formula is C46H37NS. The molecule has 0 atom stereocenters. The third-order valence-electron chi connectivity index (χ3n) is 9.22. The number of benzene rings is 7. The molecule has 0 N–H and O–H groups in total. The Morgan fingerprint density at radius 1 is 0.417 bits per heavy atom. The van der Waals surface area contributed by atoms with E-state index >= 15 is 0 Å². The van der Waals surface area contributed by atoms with Gasteiger partial charge in [0.1, 0.15) is 0 Å². The number of rotatable bonds is 6. The Bertz CT molecular complexity index is 2360. The second-order valence-electron chi connectivity index (χ2n) is 13.4. The predicted molar refractivity (Wildman–Crippen MR) is 209 cm³/mol. The van der Waals surface area contributed by atoms with Gasteiger partial charge in [0.2, 0.25) is 0 Å². The van der Waals surface area contributed by atoms with Gasteiger partial charge in [0, 0.05) is 37.2 Å². The Kier molecular flexibility index (Phi) is 7.67. The lowest BCUT2D eigenvalue weighted by molar-refractivity contribution is 0.591. The van der Waals surface area contributed by atoms with Crippen LogP contribution in [0, 0.1) is 0 Å². The van der Waals surface area contributed by atoms with Crippen LogP contribution >= 0.6 is 11.3 Å². The maximum Gasteiger partial charge on any atom is 0.0499 e. The number of anilines is 3. The second kappa shape index (κ2) is 12.3. The first-order valence-electron chi connectivity index (χ1n) is 16.6. The molecule has 0 aliphatic rings. The smallest absolute Gasteiger partial charge is 0.0499 e. The minimum absolute atomic E-state index is 0.114. The van der Waals surface area contributed by atoms with Crippen molar-refractivity contribution in [3.63, 3.8) is 0 Å². The fourth-order valence-electron chi connectivity index (χ4n) is 6.82. The highest BCUT2D eigenvalue weighted by Crippen LogP contribution is 2.46. The van der Waals surface area contributed by atoms with Crippen molar-refractivity contribution in [3.05, 3.63) is 175 Å². The molecule has 0 fully saturated rings. The zero-order chi connectivity index (χ0) is 32.7. The quantitative estimate of drug-likeness (QED) is 0.176. The van der Waals surface area contributed by atoms with Crippen LogP contribution in [-0.2, 0) is 5.41 Å². The van der Waals surface area contributed by atoms with Gasteiger partial charge in [-0.05, 0) is 86.8 Å². The lowest BCUT2D eigenvalue weighted by Gasteiger charge is -2.33. The summed E-state index contributed by atoms with van der Waals surface area (Å²) in [6.45, 7) is 6.97. The maximum absolute atomic E-state index is 2.45. The van der Waals surface area contributed by atoms with Crippen LogP contribution in [-0.4, -0.2) is 0 Å². The number of hydrogen-bond donors (Lipinski definition) is 0. The van der Waals surface area contributed by atoms with E-state index in [1.54, 1.807) is 0 Å². The molecule has 0 aliphatic heterocycles. The van der Waals surface area contributed by atoms with E-state index in [9.17, 15) is 0 Å². The number of nitrogens with zero attached hydrogens (tertiary/aromatic N) is 1. The van der Waals surface area contributed by atoms with E-state index < -0.39 is 0 Å². The zero-order valence-corrected chi connectivity index (χ0v) is 28.3. The minimum Gasteiger partial charge on any atom is -0.310 e. The zero-order valence-electron chi connectivity index (χ0n) is 27.5. The van der Waals surface area contributed by atoms with Crippen LogP contribution in [0.2, 0.25) is 0 Å². The average molecular weight is 636 g/mol. The van der Waals surface area contributed by atoms with Gasteiger partial charge in [-0.2, -0.15) is 0 Å². The number of hydrogen-bond acceptors (Lipinski definition) is 2. The van der Waals surface area contributed by atoms with Crippen molar-refractivity contribution in [1.29, 1.82) is 0 Å². The predicted octanol–water partition coefficient (Wildman–Crippen LogP) is 13.8. The molecule has 0 saturated carbocycles. The normalized spacial score (nSPS) is 11.6. The summed E-state index contributed by atoms with van der Waals surface area (Å²) in [4.78, 5) is 2.45. The molecule has 232 valence electrons. The van der Waals surface area contributed by atoms with Gasteiger partial charge in [-0.25, -0.2) is 0 Å². The fourth-order valence-corrected chi connectivity index (χ4v) is 7.96. The summed E-state index contributed by atoms with van der Waals surface area (Å²) in [5.41, 5.74) is 12.0. The van der Waals surface area contributed by atoms with Gasteiger partial charge in [-0.1, -0.05) is 148 Å². The Labute approximate surface area is 287 Å². The van der Waals surface area contributed by atoms with E-state index in [-0.39, 0.29) is 5.41 Å². The Morgan fingerprint density at radius 3 is 1.67 bits per heavy atom. The van der Waals surface area contributed by atoms with Crippen molar-refractivity contribution in [2.75, 3.05) is 4.90 Å². The molecule has 0 radical (unpaired) electrons. The third kappa shape index (κ3) is 5.59. The average Bonchev–Trinajstić information content (AvgIpc) is 3.50. The van der Waals surface area contributed by atoms with E-state index in [1.807, 2.05) is 11.3 Å². The first kappa shape index (κ1) is 29.9. The van der Waals surface area contributed by atoms with Crippen LogP contribution in [0.25, 0.3) is 53.6 Å². The number of thiophene rings is 1. The first-order chi connectivity index (χ1) is 23.4. The van der Waals surface area contributed by atoms with Gasteiger partial charge in [0.05, 0.1) is 0 Å². The maximum atomic E-state index is 2.45. The molecule has 1 nitrogen and oxygen atoms in total. The SMILES string of the molecule is CC(C)(C)c1cc(-c2ccccc2-c2ccccc2)ccc1N(c1ccc(-c2ccccc2)cc1)c1ccc2c(c1)sc1ccccc12. The van der Waals surface area contributed by atoms with Gasteiger partial charge in [0.15, 0.2) is 0 Å². The molecular weight excluding hydrogens is 599 g/mol. The molecule has 0 bridgehead atoms. The van der Waals surface area contributed by atoms with Crippen LogP contribution < -0.4 is 4.90 Å². The van der Waals surface area contributed by atoms with Gasteiger partial charge in [-0.3, -0.25) is 0 Å². The molecule has 0 aliphatic carbocycles. The Balaban J connectivity index is 1.32. The van der Waals surface area contributed by atoms with E-state index in [2.05, 4.69) is 196 Å². The topological polar surface area (TPSA) is 3.24 Å². The summed E-state index contributed by atoms with van der Waals surface area (Å²) in [7, 11) is 0. The van der Waals surface area contributed by atoms with Gasteiger partial charge in [-0.15, -0.1) is 11.3 Å². The molecule has 1 aromatic heterocycles. The molecule has 0 amide bonds. The molecule has 0 unspecified atom stereocenters. The summed E-state index contributed by atoms with van der Waals surface area (Å²) in [6.07, 6.45) is 0. The molecule has 1 heterocycles. The molecule has 0 saturated heterocycles. The van der Waals surface area contributed by atoms with Crippen LogP contribution in [0.4, 0.5) is 17.1 Å². The van der Waals surface area contributed by atoms with E-state index in [0.717, 1.165) is 11.4 Å². The monoisotopic (exact) mass is 635 g/mol. The molecule has 7 aromatic carbocycles. The largest absolute Gasteiger partial charge is 0.310 e. The summed E-state index contributed by atoms with van der Waals surface area (Å²) in [6, 6.07) is 61.8. The summed E-state index contributed by atoms with van der Waals surface area (Å²) >= 11 is 1.87. The highest BCUT2D eigenvalue weighted by atomic mass is 32.1. The second-order valence-corrected chi connectivity index (χ2v) is 14.5. The van der Waals surface area contributed by atoms with Crippen LogP contribution in [0.5, 0.6) is 0 Å². The van der Waals surface area contributed by atoms with E-state index in [1.165, 1.54) is 64.8 Å². The molecule has 8 aromatic rings. The summed E-state index contributed by atoms with van der Waals surface area (Å²) < 4.78 is 2.62. The summed E-state index contributed by atoms with van der Waals surface area (Å²) in [5, 5.41) is 2.63. The molecule has 2 heteroatoms. The Morgan fingerprint density at radius 2 is 0.958 bits per heavy atom. The van der Waals surface area contributed by atoms with E-state index in [4.69, 9.17) is 0 Å². The van der Waals surface area contributed by atoms with E-state index in [0.29, 0.717) is 0 Å². The molecule has 48 heavy (non-hydrogen) atoms. The van der Waals surface area contributed by atoms with Crippen LogP contribution in [0.1, 0.15) is 26.3 Å². The lowest BCUT2D eigenvalue weighted by atomic mass is 9.82. The van der Waals surface area contributed by atoms with Crippen molar-refractivity contribution >= 4 is 48.6 Å². The summed E-state index contributed by atoms with van der Waals surface area (Å²) in [5.74, 6) is 0. The van der Waals surface area contributed by atoms with Crippen molar-refractivity contribution in [2.45, 2.75) is 26.2 Å². The first-order valence-corrected chi connectivity index (χ1v) is 17.4. The van der Waals surface area contributed by atoms with Gasteiger partial charge in [0.25, 0.3) is 0 Å². The third-order valence-corrected chi connectivity index (χ3v) is 10.4.